The van der Waals surface area contributed by atoms with Crippen LogP contribution in [0.25, 0.3) is 111 Å². The van der Waals surface area contributed by atoms with Crippen molar-refractivity contribution < 1.29 is 8.83 Å². The predicted octanol–water partition coefficient (Wildman–Crippen LogP) is 24.1. The van der Waals surface area contributed by atoms with Crippen LogP contribution in [0.5, 0.6) is 0 Å². The Labute approximate surface area is 522 Å². The number of para-hydroxylation sites is 4. The van der Waals surface area contributed by atoms with E-state index in [2.05, 4.69) is 339 Å². The lowest BCUT2D eigenvalue weighted by Gasteiger charge is -2.36. The van der Waals surface area contributed by atoms with Gasteiger partial charge in [-0.3, -0.25) is 0 Å². The zero-order valence-electron chi connectivity index (χ0n) is 49.5. The fraction of sp³-hybridized carbons (Fsp3) is 0.0233. The monoisotopic (exact) mass is 1150 g/mol. The van der Waals surface area contributed by atoms with Crippen LogP contribution < -0.4 is 9.80 Å². The molecule has 0 spiro atoms. The minimum absolute atomic E-state index is 0.787. The van der Waals surface area contributed by atoms with Crippen LogP contribution in [0, 0.1) is 0 Å². The molecule has 14 aromatic carbocycles. The summed E-state index contributed by atoms with van der Waals surface area (Å²) in [5, 5.41) is 8.75. The molecular weight excluding hydrogens is 1090 g/mol. The maximum atomic E-state index is 7.50. The van der Waals surface area contributed by atoms with E-state index in [1.807, 2.05) is 6.08 Å². The third kappa shape index (κ3) is 8.01. The number of benzene rings is 14. The molecule has 0 radical (unpaired) electrons. The van der Waals surface area contributed by atoms with Gasteiger partial charge >= 0.3 is 0 Å². The van der Waals surface area contributed by atoms with E-state index in [9.17, 15) is 0 Å². The summed E-state index contributed by atoms with van der Waals surface area (Å²) in [5.41, 5.74) is 21.7. The quantitative estimate of drug-likeness (QED) is 0.122. The fourth-order valence-electron chi connectivity index (χ4n) is 14.8. The maximum Gasteiger partial charge on any atom is 0.160 e. The molecule has 424 valence electrons. The molecule has 0 saturated heterocycles. The molecule has 2 heterocycles. The Balaban J connectivity index is 0.968. The first kappa shape index (κ1) is 52.6. The van der Waals surface area contributed by atoms with Gasteiger partial charge in [0.05, 0.1) is 22.5 Å². The normalized spacial score (nSPS) is 12.6. The highest BCUT2D eigenvalue weighted by Crippen LogP contribution is 2.62. The van der Waals surface area contributed by atoms with Gasteiger partial charge in [-0.1, -0.05) is 274 Å². The van der Waals surface area contributed by atoms with Crippen molar-refractivity contribution in [2.24, 2.45) is 0 Å². The molecule has 90 heavy (non-hydrogen) atoms. The second-order valence-corrected chi connectivity index (χ2v) is 23.3. The van der Waals surface area contributed by atoms with E-state index < -0.39 is 5.41 Å². The Hall–Kier alpha value is -11.7. The van der Waals surface area contributed by atoms with Crippen LogP contribution in [0.15, 0.2) is 325 Å². The molecule has 2 aromatic heterocycles. The summed E-state index contributed by atoms with van der Waals surface area (Å²) in [5.74, 6) is 0. The van der Waals surface area contributed by atoms with Gasteiger partial charge in [0, 0.05) is 55.1 Å². The van der Waals surface area contributed by atoms with Gasteiger partial charge in [0.2, 0.25) is 0 Å². The minimum atomic E-state index is -0.851. The molecule has 0 aliphatic heterocycles. The summed E-state index contributed by atoms with van der Waals surface area (Å²) in [6, 6.07) is 110. The van der Waals surface area contributed by atoms with Crippen molar-refractivity contribution in [2.45, 2.75) is 12.3 Å². The Morgan fingerprint density at radius 1 is 0.356 bits per heavy atom. The number of fused-ring (bicyclic) bond motifs is 13. The molecule has 0 bridgehead atoms. The highest BCUT2D eigenvalue weighted by molar-refractivity contribution is 6.25. The van der Waals surface area contributed by atoms with Crippen molar-refractivity contribution in [3.8, 4) is 33.4 Å². The lowest BCUT2D eigenvalue weighted by molar-refractivity contribution is 0.670. The van der Waals surface area contributed by atoms with Gasteiger partial charge in [0.1, 0.15) is 11.2 Å². The van der Waals surface area contributed by atoms with Crippen LogP contribution in [0.2, 0.25) is 0 Å². The number of rotatable bonds is 12. The van der Waals surface area contributed by atoms with Crippen LogP contribution >= 0.6 is 0 Å². The molecule has 0 saturated carbocycles. The zero-order chi connectivity index (χ0) is 59.9. The van der Waals surface area contributed by atoms with E-state index in [0.29, 0.717) is 0 Å². The van der Waals surface area contributed by atoms with E-state index in [1.54, 1.807) is 0 Å². The number of anilines is 6. The minimum Gasteiger partial charge on any atom is -0.453 e. The SMILES string of the molecule is C=Cc1cc(N(c2ccccc2)c2cc3c(c4ccccc24)-c2ccc(N(c4ccccc4)c4cc5ccccc5c5c4oc4c(-c6ccccc6)cccc45)cc2C3(c2ccccc2)c2ccccc2)c2oc3c(-c4ccccc4)cccc3c2c1/C=C\C. The van der Waals surface area contributed by atoms with Crippen molar-refractivity contribution in [3.63, 3.8) is 0 Å². The van der Waals surface area contributed by atoms with E-state index in [-0.39, 0.29) is 0 Å². The molecule has 0 atom stereocenters. The fourth-order valence-corrected chi connectivity index (χ4v) is 14.8. The first-order valence-electron chi connectivity index (χ1n) is 30.9. The number of nitrogens with zero attached hydrogens (tertiary/aromatic N) is 2. The summed E-state index contributed by atoms with van der Waals surface area (Å²) in [7, 11) is 0. The average Bonchev–Trinajstić information content (AvgIpc) is 1.51. The number of furan rings is 2. The van der Waals surface area contributed by atoms with Crippen molar-refractivity contribution in [2.75, 3.05) is 9.80 Å². The lowest BCUT2D eigenvalue weighted by Crippen LogP contribution is -2.29. The van der Waals surface area contributed by atoms with Gasteiger partial charge in [0.15, 0.2) is 11.2 Å². The predicted molar refractivity (Wildman–Crippen MR) is 378 cm³/mol. The van der Waals surface area contributed by atoms with E-state index >= 15 is 0 Å². The highest BCUT2D eigenvalue weighted by atomic mass is 16.3. The van der Waals surface area contributed by atoms with Gasteiger partial charge in [-0.15, -0.1) is 0 Å². The van der Waals surface area contributed by atoms with Crippen LogP contribution in [0.3, 0.4) is 0 Å². The average molecular weight is 1150 g/mol. The van der Waals surface area contributed by atoms with Crippen molar-refractivity contribution in [3.05, 3.63) is 349 Å². The summed E-state index contributed by atoms with van der Waals surface area (Å²) in [6.07, 6.45) is 6.30. The summed E-state index contributed by atoms with van der Waals surface area (Å²) >= 11 is 0. The van der Waals surface area contributed by atoms with Crippen LogP contribution in [-0.2, 0) is 5.41 Å². The second-order valence-electron chi connectivity index (χ2n) is 23.3. The topological polar surface area (TPSA) is 32.8 Å². The summed E-state index contributed by atoms with van der Waals surface area (Å²) < 4.78 is 14.9. The highest BCUT2D eigenvalue weighted by Gasteiger charge is 2.48. The lowest BCUT2D eigenvalue weighted by atomic mass is 9.67. The summed E-state index contributed by atoms with van der Waals surface area (Å²) in [4.78, 5) is 4.86. The third-order valence-corrected chi connectivity index (χ3v) is 18.5. The first-order chi connectivity index (χ1) is 44.6. The third-order valence-electron chi connectivity index (χ3n) is 18.5. The molecule has 17 rings (SSSR count). The Bertz CT molecular complexity index is 5460. The number of hydrogen-bond acceptors (Lipinski definition) is 4. The first-order valence-corrected chi connectivity index (χ1v) is 30.9. The van der Waals surface area contributed by atoms with Gasteiger partial charge in [-0.05, 0) is 133 Å². The van der Waals surface area contributed by atoms with E-state index in [4.69, 9.17) is 8.83 Å². The van der Waals surface area contributed by atoms with Crippen molar-refractivity contribution in [1.82, 2.24) is 0 Å². The standard InChI is InChI=1S/C86H58N2O2/c1-3-29-65-56(4-2)52-78(85-80(65)72-48-27-46-67(82(72)90-85)57-30-11-5-12-31-57)88(63-41-21-10-22-42-63)76-55-75-79(70-45-26-25-44-69(70)76)71-51-50-64(54-74(71)86(75,60-35-15-7-16-36-60)61-37-17-8-18-38-61)87(62-39-19-9-20-40-62)77-53-59-34-23-24-43-66(59)81-73-49-28-47-68(83(73)89-84(77)81)58-32-13-6-14-33-58/h3-55H,2H2,1H3/b29-3-. The molecule has 0 amide bonds. The molecule has 1 aliphatic carbocycles. The molecule has 4 heteroatoms. The van der Waals surface area contributed by atoms with Gasteiger partial charge in [-0.2, -0.15) is 0 Å². The molecule has 0 N–H and O–H groups in total. The smallest absolute Gasteiger partial charge is 0.160 e. The van der Waals surface area contributed by atoms with Gasteiger partial charge < -0.3 is 18.6 Å². The van der Waals surface area contributed by atoms with Gasteiger partial charge in [-0.25, -0.2) is 0 Å². The second kappa shape index (κ2) is 21.3. The van der Waals surface area contributed by atoms with Crippen LogP contribution in [0.4, 0.5) is 34.1 Å². The maximum absolute atomic E-state index is 7.50. The Kier molecular flexibility index (Phi) is 12.5. The molecule has 16 aromatic rings. The van der Waals surface area contributed by atoms with E-state index in [0.717, 1.165) is 144 Å². The Morgan fingerprint density at radius 3 is 1.43 bits per heavy atom. The molecular formula is C86H58N2O2. The molecule has 1 aliphatic rings. The Morgan fingerprint density at radius 2 is 0.844 bits per heavy atom. The van der Waals surface area contributed by atoms with Crippen molar-refractivity contribution in [1.29, 1.82) is 0 Å². The zero-order valence-corrected chi connectivity index (χ0v) is 49.5. The van der Waals surface area contributed by atoms with Gasteiger partial charge in [0.25, 0.3) is 0 Å². The van der Waals surface area contributed by atoms with Crippen LogP contribution in [-0.4, -0.2) is 0 Å². The number of hydrogen-bond donors (Lipinski definition) is 0. The molecule has 4 nitrogen and oxygen atoms in total. The van der Waals surface area contributed by atoms with Crippen LogP contribution in [0.1, 0.15) is 40.3 Å². The molecule has 0 unspecified atom stereocenters. The summed E-state index contributed by atoms with van der Waals surface area (Å²) in [6.45, 7) is 6.56. The number of allylic oxidation sites excluding steroid dienone is 1. The molecule has 0 fully saturated rings. The largest absolute Gasteiger partial charge is 0.453 e. The van der Waals surface area contributed by atoms with Crippen molar-refractivity contribution >= 4 is 112 Å². The van der Waals surface area contributed by atoms with E-state index in [1.165, 1.54) is 22.3 Å².